The van der Waals surface area contributed by atoms with E-state index >= 15 is 0 Å². The van der Waals surface area contributed by atoms with Gasteiger partial charge >= 0.3 is 6.03 Å². The third-order valence-corrected chi connectivity index (χ3v) is 3.64. The first-order chi connectivity index (χ1) is 8.74. The van der Waals surface area contributed by atoms with Crippen LogP contribution in [0.15, 0.2) is 0 Å². The van der Waals surface area contributed by atoms with Crippen LogP contribution < -0.4 is 15.5 Å². The molecule has 0 aromatic carbocycles. The average Bonchev–Trinajstić information content (AvgIpc) is 3.05. The molecule has 102 valence electrons. The second-order valence-electron chi connectivity index (χ2n) is 5.49. The molecule has 1 saturated carbocycles. The number of carbonyl (C=O) groups excluding carboxylic acids is 2. The minimum absolute atomic E-state index is 0.149. The fourth-order valence-electron chi connectivity index (χ4n) is 2.43. The number of urea groups is 1. The number of rotatable bonds is 3. The van der Waals surface area contributed by atoms with Gasteiger partial charge in [-0.2, -0.15) is 0 Å². The molecule has 0 radical (unpaired) electrons. The molecular weight excluding hydrogens is 230 g/mol. The Balaban J connectivity index is 1.66. The summed E-state index contributed by atoms with van der Waals surface area (Å²) in [6, 6.07) is -0.0270. The van der Waals surface area contributed by atoms with Gasteiger partial charge in [0.2, 0.25) is 0 Å². The van der Waals surface area contributed by atoms with Gasteiger partial charge in [0.1, 0.15) is 0 Å². The van der Waals surface area contributed by atoms with Crippen LogP contribution in [0, 0.1) is 0 Å². The van der Waals surface area contributed by atoms with Crippen molar-refractivity contribution in [1.82, 2.24) is 10.6 Å². The van der Waals surface area contributed by atoms with E-state index in [9.17, 15) is 9.59 Å². The summed E-state index contributed by atoms with van der Waals surface area (Å²) in [6.07, 6.45) is 8.33. The molecule has 2 aliphatic rings. The van der Waals surface area contributed by atoms with E-state index in [1.54, 1.807) is 0 Å². The van der Waals surface area contributed by atoms with E-state index < -0.39 is 0 Å². The average molecular weight is 254 g/mol. The van der Waals surface area contributed by atoms with Crippen molar-refractivity contribution in [3.63, 3.8) is 0 Å². The van der Waals surface area contributed by atoms with Crippen LogP contribution in [0.5, 0.6) is 0 Å². The Morgan fingerprint density at radius 2 is 1.61 bits per heavy atom. The number of imide groups is 1. The molecule has 0 atom stereocenters. The fourth-order valence-corrected chi connectivity index (χ4v) is 2.43. The van der Waals surface area contributed by atoms with E-state index in [0.717, 1.165) is 25.9 Å². The zero-order chi connectivity index (χ0) is 12.8. The summed E-state index contributed by atoms with van der Waals surface area (Å²) in [4.78, 5) is 24.5. The summed E-state index contributed by atoms with van der Waals surface area (Å²) in [6.45, 7) is 2.54. The largest absolute Gasteiger partial charge is 0.335 e. The minimum Gasteiger partial charge on any atom is -0.335 e. The van der Waals surface area contributed by atoms with Crippen LogP contribution in [-0.4, -0.2) is 37.6 Å². The van der Waals surface area contributed by atoms with Gasteiger partial charge in [0.05, 0.1) is 13.1 Å². The normalized spacial score (nSPS) is 21.8. The Kier molecular flexibility index (Phi) is 4.99. The highest BCUT2D eigenvalue weighted by Gasteiger charge is 2.24. The molecule has 3 amide bonds. The van der Waals surface area contributed by atoms with Crippen LogP contribution in [-0.2, 0) is 4.79 Å². The first-order valence-corrected chi connectivity index (χ1v) is 7.18. The van der Waals surface area contributed by atoms with Gasteiger partial charge < -0.3 is 10.2 Å². The van der Waals surface area contributed by atoms with Crippen molar-refractivity contribution < 1.29 is 14.5 Å². The van der Waals surface area contributed by atoms with Gasteiger partial charge in [-0.25, -0.2) is 4.79 Å². The van der Waals surface area contributed by atoms with Gasteiger partial charge in [-0.3, -0.25) is 10.1 Å². The molecule has 3 N–H and O–H groups in total. The molecule has 0 aromatic rings. The molecule has 0 unspecified atom stereocenters. The number of hydrogen-bond acceptors (Lipinski definition) is 2. The van der Waals surface area contributed by atoms with Gasteiger partial charge in [-0.05, 0) is 38.5 Å². The molecule has 0 aromatic heterocycles. The number of hydrogen-bond donors (Lipinski definition) is 3. The second kappa shape index (κ2) is 6.73. The Hall–Kier alpha value is -1.10. The van der Waals surface area contributed by atoms with Crippen LogP contribution >= 0.6 is 0 Å². The summed E-state index contributed by atoms with van der Waals surface area (Å²) in [5.41, 5.74) is 0. The summed E-state index contributed by atoms with van der Waals surface area (Å²) in [5, 5.41) is 5.19. The molecule has 18 heavy (non-hydrogen) atoms. The highest BCUT2D eigenvalue weighted by atomic mass is 16.2. The van der Waals surface area contributed by atoms with E-state index in [0.29, 0.717) is 12.6 Å². The van der Waals surface area contributed by atoms with Crippen molar-refractivity contribution in [3.8, 4) is 0 Å². The maximum absolute atomic E-state index is 11.7. The molecule has 1 aliphatic heterocycles. The van der Waals surface area contributed by atoms with E-state index in [1.807, 2.05) is 0 Å². The second-order valence-corrected chi connectivity index (χ2v) is 5.49. The molecule has 5 nitrogen and oxygen atoms in total. The van der Waals surface area contributed by atoms with Gasteiger partial charge in [0.25, 0.3) is 5.91 Å². The molecule has 1 aliphatic carbocycles. The maximum atomic E-state index is 11.7. The Morgan fingerprint density at radius 1 is 1.00 bits per heavy atom. The standard InChI is InChI=1S/C13H23N3O2/c17-12(15-13(18)14-11-6-7-11)10-16-8-4-2-1-3-5-9-16/h11H,1-10H2,(H2,14,15,17,18)/p+1. The maximum Gasteiger partial charge on any atom is 0.321 e. The summed E-state index contributed by atoms with van der Waals surface area (Å²) >= 11 is 0. The monoisotopic (exact) mass is 254 g/mol. The highest BCUT2D eigenvalue weighted by molar-refractivity contribution is 5.94. The quantitative estimate of drug-likeness (QED) is 0.654. The third-order valence-electron chi connectivity index (χ3n) is 3.64. The summed E-state index contributed by atoms with van der Waals surface area (Å²) in [7, 11) is 0. The molecule has 1 heterocycles. The highest BCUT2D eigenvalue weighted by Crippen LogP contribution is 2.18. The molecule has 2 fully saturated rings. The molecule has 5 heteroatoms. The first-order valence-electron chi connectivity index (χ1n) is 7.18. The van der Waals surface area contributed by atoms with E-state index in [1.165, 1.54) is 37.0 Å². The minimum atomic E-state index is -0.325. The lowest BCUT2D eigenvalue weighted by molar-refractivity contribution is -0.893. The van der Waals surface area contributed by atoms with Gasteiger partial charge in [-0.15, -0.1) is 0 Å². The van der Waals surface area contributed by atoms with Gasteiger partial charge in [0.15, 0.2) is 6.54 Å². The zero-order valence-electron chi connectivity index (χ0n) is 11.0. The molecule has 1 saturated heterocycles. The lowest BCUT2D eigenvalue weighted by atomic mass is 10.1. The van der Waals surface area contributed by atoms with Crippen LogP contribution in [0.25, 0.3) is 0 Å². The smallest absolute Gasteiger partial charge is 0.321 e. The lowest BCUT2D eigenvalue weighted by Crippen LogP contribution is -3.13. The molecule has 0 spiro atoms. The lowest BCUT2D eigenvalue weighted by Gasteiger charge is -2.21. The van der Waals surface area contributed by atoms with Crippen LogP contribution in [0.4, 0.5) is 4.79 Å². The number of quaternary nitrogens is 1. The van der Waals surface area contributed by atoms with E-state index in [2.05, 4.69) is 10.6 Å². The summed E-state index contributed by atoms with van der Waals surface area (Å²) in [5.74, 6) is -0.149. The molecule has 0 bridgehead atoms. The van der Waals surface area contributed by atoms with E-state index in [4.69, 9.17) is 0 Å². The van der Waals surface area contributed by atoms with Crippen molar-refractivity contribution >= 4 is 11.9 Å². The number of amides is 3. The van der Waals surface area contributed by atoms with E-state index in [-0.39, 0.29) is 11.9 Å². The van der Waals surface area contributed by atoms with Crippen molar-refractivity contribution in [3.05, 3.63) is 0 Å². The van der Waals surface area contributed by atoms with Crippen molar-refractivity contribution in [2.75, 3.05) is 19.6 Å². The van der Waals surface area contributed by atoms with Crippen molar-refractivity contribution in [1.29, 1.82) is 0 Å². The number of carbonyl (C=O) groups is 2. The third kappa shape index (κ3) is 5.04. The number of nitrogens with one attached hydrogen (secondary N) is 3. The Morgan fingerprint density at radius 3 is 2.22 bits per heavy atom. The van der Waals surface area contributed by atoms with Crippen LogP contribution in [0.2, 0.25) is 0 Å². The SMILES string of the molecule is O=C(C[NH+]1CCCCCCC1)NC(=O)NC1CC1. The topological polar surface area (TPSA) is 62.6 Å². The first kappa shape index (κ1) is 13.3. The predicted octanol–water partition coefficient (Wildman–Crippen LogP) is -0.176. The van der Waals surface area contributed by atoms with Crippen molar-refractivity contribution in [2.45, 2.75) is 51.0 Å². The van der Waals surface area contributed by atoms with Gasteiger partial charge in [0, 0.05) is 6.04 Å². The predicted molar refractivity (Wildman–Crippen MR) is 68.3 cm³/mol. The molecule has 2 rings (SSSR count). The summed E-state index contributed by atoms with van der Waals surface area (Å²) < 4.78 is 0. The number of likely N-dealkylation sites (tertiary alicyclic amines) is 1. The Labute approximate surface area is 108 Å². The fraction of sp³-hybridized carbons (Fsp3) is 0.846. The molecular formula is C13H24N3O2+. The van der Waals surface area contributed by atoms with Crippen LogP contribution in [0.1, 0.15) is 44.9 Å². The van der Waals surface area contributed by atoms with Gasteiger partial charge in [-0.1, -0.05) is 6.42 Å². The van der Waals surface area contributed by atoms with Crippen LogP contribution in [0.3, 0.4) is 0 Å². The zero-order valence-corrected chi connectivity index (χ0v) is 11.0. The Bertz CT molecular complexity index is 295. The van der Waals surface area contributed by atoms with Crippen molar-refractivity contribution in [2.24, 2.45) is 0 Å².